The van der Waals surface area contributed by atoms with E-state index >= 15 is 0 Å². The van der Waals surface area contributed by atoms with Gasteiger partial charge in [0.15, 0.2) is 0 Å². The quantitative estimate of drug-likeness (QED) is 0.592. The smallest absolute Gasteiger partial charge is 0.0688 e. The van der Waals surface area contributed by atoms with Crippen molar-refractivity contribution in [1.82, 2.24) is 0 Å². The van der Waals surface area contributed by atoms with Crippen molar-refractivity contribution >= 4 is 0 Å². The average Bonchev–Trinajstić information content (AvgIpc) is 2.16. The molecule has 0 saturated carbocycles. The van der Waals surface area contributed by atoms with Gasteiger partial charge in [0.2, 0.25) is 0 Å². The van der Waals surface area contributed by atoms with Crippen molar-refractivity contribution in [3.8, 4) is 0 Å². The molecule has 0 amide bonds. The number of hydrogen-bond acceptors (Lipinski definition) is 3. The van der Waals surface area contributed by atoms with Crippen molar-refractivity contribution in [2.75, 3.05) is 0 Å². The van der Waals surface area contributed by atoms with Crippen LogP contribution in [0.15, 0.2) is 12.1 Å². The first-order valence-electron chi connectivity index (χ1n) is 3.66. The molecule has 3 N–H and O–H groups in total. The van der Waals surface area contributed by atoms with Crippen LogP contribution in [0.3, 0.4) is 0 Å². The Morgan fingerprint density at radius 2 is 1.42 bits per heavy atom. The molecule has 1 rings (SSSR count). The summed E-state index contributed by atoms with van der Waals surface area (Å²) < 4.78 is 0. The lowest BCUT2D eigenvalue weighted by Crippen LogP contribution is -1.99. The zero-order valence-corrected chi connectivity index (χ0v) is 6.62. The minimum absolute atomic E-state index is 0.139. The summed E-state index contributed by atoms with van der Waals surface area (Å²) in [5, 5.41) is 26.6. The van der Waals surface area contributed by atoms with Gasteiger partial charge in [0.1, 0.15) is 0 Å². The van der Waals surface area contributed by atoms with E-state index in [0.717, 1.165) is 0 Å². The lowest BCUT2D eigenvalue weighted by molar-refractivity contribution is 0.247. The lowest BCUT2D eigenvalue weighted by atomic mass is 10.0. The third kappa shape index (κ3) is 1.64. The summed E-state index contributed by atoms with van der Waals surface area (Å²) in [6.07, 6.45) is 0. The number of rotatable bonds is 3. The Hall–Kier alpha value is -0.900. The number of aliphatic hydroxyl groups excluding tert-OH is 3. The standard InChI is InChI=1S/C9H11O3/c10-4-7-2-1-3-8(5-11)9(7)6-12/h2-3,10-12H,4-6H2. The Morgan fingerprint density at radius 1 is 0.917 bits per heavy atom. The zero-order valence-electron chi connectivity index (χ0n) is 6.62. The summed E-state index contributed by atoms with van der Waals surface area (Å²) in [5.41, 5.74) is 1.83. The molecule has 0 aliphatic heterocycles. The van der Waals surface area contributed by atoms with Crippen LogP contribution >= 0.6 is 0 Å². The fourth-order valence-electron chi connectivity index (χ4n) is 1.11. The molecule has 0 aliphatic rings. The SMILES string of the molecule is OCc1c[c]cc(CO)c1CO. The molecule has 3 heteroatoms. The highest BCUT2D eigenvalue weighted by molar-refractivity contribution is 5.33. The van der Waals surface area contributed by atoms with Gasteiger partial charge < -0.3 is 15.3 Å². The van der Waals surface area contributed by atoms with E-state index in [-0.39, 0.29) is 19.8 Å². The van der Waals surface area contributed by atoms with Crippen molar-refractivity contribution in [3.63, 3.8) is 0 Å². The molecule has 0 atom stereocenters. The summed E-state index contributed by atoms with van der Waals surface area (Å²) in [6, 6.07) is 5.98. The second-order valence-electron chi connectivity index (χ2n) is 2.46. The van der Waals surface area contributed by atoms with Gasteiger partial charge >= 0.3 is 0 Å². The minimum Gasteiger partial charge on any atom is -0.392 e. The summed E-state index contributed by atoms with van der Waals surface area (Å²) in [7, 11) is 0. The molecule has 1 aromatic rings. The molecule has 3 nitrogen and oxygen atoms in total. The van der Waals surface area contributed by atoms with E-state index in [1.54, 1.807) is 12.1 Å². The van der Waals surface area contributed by atoms with E-state index in [9.17, 15) is 0 Å². The summed E-state index contributed by atoms with van der Waals surface area (Å²) >= 11 is 0. The number of benzene rings is 1. The molecular formula is C9H11O3. The molecule has 1 aromatic carbocycles. The first-order chi connectivity index (χ1) is 5.83. The van der Waals surface area contributed by atoms with Gasteiger partial charge in [-0.1, -0.05) is 0 Å². The minimum atomic E-state index is -0.166. The summed E-state index contributed by atoms with van der Waals surface area (Å²) in [5.74, 6) is 0. The monoisotopic (exact) mass is 167 g/mol. The molecule has 1 radical (unpaired) electrons. The topological polar surface area (TPSA) is 60.7 Å². The molecule has 0 aliphatic carbocycles. The summed E-state index contributed by atoms with van der Waals surface area (Å²) in [4.78, 5) is 0. The first-order valence-corrected chi connectivity index (χ1v) is 3.66. The fourth-order valence-corrected chi connectivity index (χ4v) is 1.11. The third-order valence-corrected chi connectivity index (χ3v) is 1.79. The lowest BCUT2D eigenvalue weighted by Gasteiger charge is -2.08. The van der Waals surface area contributed by atoms with E-state index < -0.39 is 0 Å². The highest BCUT2D eigenvalue weighted by Crippen LogP contribution is 2.14. The second kappa shape index (κ2) is 4.21. The molecule has 0 aromatic heterocycles. The van der Waals surface area contributed by atoms with Crippen molar-refractivity contribution in [2.45, 2.75) is 19.8 Å². The molecule has 65 valence electrons. The van der Waals surface area contributed by atoms with Gasteiger partial charge in [-0.05, 0) is 34.9 Å². The molecule has 0 spiro atoms. The fraction of sp³-hybridized carbons (Fsp3) is 0.333. The Morgan fingerprint density at radius 3 is 1.75 bits per heavy atom. The van der Waals surface area contributed by atoms with Crippen LogP contribution in [0.2, 0.25) is 0 Å². The van der Waals surface area contributed by atoms with Crippen molar-refractivity contribution < 1.29 is 15.3 Å². The second-order valence-corrected chi connectivity index (χ2v) is 2.46. The van der Waals surface area contributed by atoms with Crippen LogP contribution in [0, 0.1) is 6.07 Å². The van der Waals surface area contributed by atoms with Crippen molar-refractivity contribution in [1.29, 1.82) is 0 Å². The maximum Gasteiger partial charge on any atom is 0.0688 e. The van der Waals surface area contributed by atoms with Crippen LogP contribution in [0.4, 0.5) is 0 Å². The first kappa shape index (κ1) is 9.19. The molecule has 0 unspecified atom stereocenters. The van der Waals surface area contributed by atoms with Crippen molar-refractivity contribution in [3.05, 3.63) is 34.9 Å². The number of hydrogen-bond donors (Lipinski definition) is 3. The van der Waals surface area contributed by atoms with Gasteiger partial charge in [0, 0.05) is 0 Å². The van der Waals surface area contributed by atoms with Gasteiger partial charge in [-0.15, -0.1) is 0 Å². The van der Waals surface area contributed by atoms with Crippen LogP contribution in [0.1, 0.15) is 16.7 Å². The van der Waals surface area contributed by atoms with Gasteiger partial charge in [0.05, 0.1) is 19.8 Å². The molecule has 12 heavy (non-hydrogen) atoms. The highest BCUT2D eigenvalue weighted by atomic mass is 16.3. The highest BCUT2D eigenvalue weighted by Gasteiger charge is 2.04. The normalized spacial score (nSPS) is 10.2. The Balaban J connectivity index is 3.13. The Kier molecular flexibility index (Phi) is 3.22. The maximum atomic E-state index is 8.93. The van der Waals surface area contributed by atoms with Crippen LogP contribution in [-0.4, -0.2) is 15.3 Å². The predicted molar refractivity (Wildman–Crippen MR) is 43.0 cm³/mol. The number of aliphatic hydroxyl groups is 3. The van der Waals surface area contributed by atoms with Crippen LogP contribution < -0.4 is 0 Å². The molecular weight excluding hydrogens is 156 g/mol. The van der Waals surface area contributed by atoms with Crippen LogP contribution in [-0.2, 0) is 19.8 Å². The van der Waals surface area contributed by atoms with E-state index in [2.05, 4.69) is 6.07 Å². The van der Waals surface area contributed by atoms with E-state index in [1.165, 1.54) is 0 Å². The van der Waals surface area contributed by atoms with Crippen LogP contribution in [0.5, 0.6) is 0 Å². The Labute approximate surface area is 70.9 Å². The summed E-state index contributed by atoms with van der Waals surface area (Å²) in [6.45, 7) is -0.444. The largest absolute Gasteiger partial charge is 0.392 e. The van der Waals surface area contributed by atoms with Gasteiger partial charge in [-0.25, -0.2) is 0 Å². The molecule has 0 bridgehead atoms. The third-order valence-electron chi connectivity index (χ3n) is 1.79. The van der Waals surface area contributed by atoms with E-state index in [0.29, 0.717) is 16.7 Å². The average molecular weight is 167 g/mol. The zero-order chi connectivity index (χ0) is 8.97. The molecule has 0 fully saturated rings. The predicted octanol–water partition coefficient (Wildman–Crippen LogP) is -0.0363. The van der Waals surface area contributed by atoms with E-state index in [4.69, 9.17) is 15.3 Å². The maximum absolute atomic E-state index is 8.93. The molecule has 0 saturated heterocycles. The van der Waals surface area contributed by atoms with Gasteiger partial charge in [-0.2, -0.15) is 0 Å². The van der Waals surface area contributed by atoms with E-state index in [1.807, 2.05) is 0 Å². The van der Waals surface area contributed by atoms with Gasteiger partial charge in [-0.3, -0.25) is 0 Å². The molecule has 0 heterocycles. The van der Waals surface area contributed by atoms with Crippen molar-refractivity contribution in [2.24, 2.45) is 0 Å². The van der Waals surface area contributed by atoms with Crippen LogP contribution in [0.25, 0.3) is 0 Å². The Bertz CT molecular complexity index is 236. The van der Waals surface area contributed by atoms with Gasteiger partial charge in [0.25, 0.3) is 0 Å².